The van der Waals surface area contributed by atoms with Crippen molar-refractivity contribution in [2.75, 3.05) is 11.9 Å². The van der Waals surface area contributed by atoms with Gasteiger partial charge < -0.3 is 9.88 Å². The molecule has 2 aromatic rings. The first-order valence-corrected chi connectivity index (χ1v) is 4.91. The number of aryl methyl sites for hydroxylation is 1. The molecule has 0 amide bonds. The molecule has 2 rings (SSSR count). The van der Waals surface area contributed by atoms with Crippen LogP contribution < -0.4 is 5.32 Å². The standard InChI is InChI=1S/C12H13N3/c1-3-4-9-13-12-14-10-7-5-6-8-11(10)15(12)2/h1,5-8H,4,9H2,2H3,(H,13,14). The second kappa shape index (κ2) is 4.05. The van der Waals surface area contributed by atoms with Crippen LogP contribution in [-0.4, -0.2) is 16.1 Å². The molecule has 0 unspecified atom stereocenters. The molecule has 0 atom stereocenters. The summed E-state index contributed by atoms with van der Waals surface area (Å²) in [7, 11) is 1.99. The normalized spacial score (nSPS) is 10.1. The van der Waals surface area contributed by atoms with Gasteiger partial charge in [0.2, 0.25) is 5.95 Å². The number of hydrogen-bond donors (Lipinski definition) is 1. The Balaban J connectivity index is 2.29. The van der Waals surface area contributed by atoms with E-state index in [1.165, 1.54) is 0 Å². The fourth-order valence-electron chi connectivity index (χ4n) is 1.55. The van der Waals surface area contributed by atoms with Crippen LogP contribution in [0.2, 0.25) is 0 Å². The highest BCUT2D eigenvalue weighted by Crippen LogP contribution is 2.17. The van der Waals surface area contributed by atoms with Crippen molar-refractivity contribution in [3.63, 3.8) is 0 Å². The van der Waals surface area contributed by atoms with E-state index in [9.17, 15) is 0 Å². The summed E-state index contributed by atoms with van der Waals surface area (Å²) in [6.45, 7) is 0.758. The SMILES string of the molecule is C#CCCNc1nc2ccccc2n1C. The van der Waals surface area contributed by atoms with Crippen molar-refractivity contribution < 1.29 is 0 Å². The molecule has 15 heavy (non-hydrogen) atoms. The molecule has 3 heteroatoms. The van der Waals surface area contributed by atoms with Gasteiger partial charge >= 0.3 is 0 Å². The van der Waals surface area contributed by atoms with Crippen molar-refractivity contribution in [3.05, 3.63) is 24.3 Å². The predicted molar refractivity (Wildman–Crippen MR) is 62.7 cm³/mol. The lowest BCUT2D eigenvalue weighted by atomic mass is 10.3. The number of para-hydroxylation sites is 2. The van der Waals surface area contributed by atoms with Crippen LogP contribution in [0.15, 0.2) is 24.3 Å². The minimum absolute atomic E-state index is 0.712. The van der Waals surface area contributed by atoms with Crippen LogP contribution in [-0.2, 0) is 7.05 Å². The molecule has 0 spiro atoms. The monoisotopic (exact) mass is 199 g/mol. The van der Waals surface area contributed by atoms with Crippen molar-refractivity contribution >= 4 is 17.0 Å². The lowest BCUT2D eigenvalue weighted by Crippen LogP contribution is -2.05. The van der Waals surface area contributed by atoms with E-state index in [1.807, 2.05) is 29.8 Å². The van der Waals surface area contributed by atoms with E-state index in [1.54, 1.807) is 0 Å². The summed E-state index contributed by atoms with van der Waals surface area (Å²) in [5.41, 5.74) is 2.13. The van der Waals surface area contributed by atoms with Gasteiger partial charge in [0.05, 0.1) is 11.0 Å². The van der Waals surface area contributed by atoms with Crippen molar-refractivity contribution in [1.82, 2.24) is 9.55 Å². The van der Waals surface area contributed by atoms with Gasteiger partial charge in [0, 0.05) is 20.0 Å². The first-order chi connectivity index (χ1) is 7.33. The lowest BCUT2D eigenvalue weighted by molar-refractivity contribution is 0.925. The molecule has 0 saturated heterocycles. The number of nitrogens with zero attached hydrogens (tertiary/aromatic N) is 2. The molecule has 1 N–H and O–H groups in total. The molecular weight excluding hydrogens is 186 g/mol. The van der Waals surface area contributed by atoms with Gasteiger partial charge in [-0.05, 0) is 12.1 Å². The Hall–Kier alpha value is -1.95. The lowest BCUT2D eigenvalue weighted by Gasteiger charge is -2.03. The predicted octanol–water partition coefficient (Wildman–Crippen LogP) is 2.01. The van der Waals surface area contributed by atoms with Gasteiger partial charge in [-0.2, -0.15) is 0 Å². The van der Waals surface area contributed by atoms with Crippen molar-refractivity contribution in [2.24, 2.45) is 7.05 Å². The molecule has 1 heterocycles. The molecule has 1 aromatic heterocycles. The molecular formula is C12H13N3. The largest absolute Gasteiger partial charge is 0.355 e. The smallest absolute Gasteiger partial charge is 0.203 e. The van der Waals surface area contributed by atoms with E-state index in [2.05, 4.69) is 22.3 Å². The van der Waals surface area contributed by atoms with Crippen LogP contribution in [0.5, 0.6) is 0 Å². The first kappa shape index (κ1) is 9.60. The van der Waals surface area contributed by atoms with Gasteiger partial charge in [0.1, 0.15) is 0 Å². The Morgan fingerprint density at radius 1 is 1.47 bits per heavy atom. The average molecular weight is 199 g/mol. The summed E-state index contributed by atoms with van der Waals surface area (Å²) in [4.78, 5) is 4.47. The Labute approximate surface area is 89.1 Å². The number of aromatic nitrogens is 2. The Kier molecular flexibility index (Phi) is 2.59. The summed E-state index contributed by atoms with van der Waals surface area (Å²) in [5.74, 6) is 3.46. The summed E-state index contributed by atoms with van der Waals surface area (Å²) in [6.07, 6.45) is 5.90. The molecule has 1 aromatic carbocycles. The number of imidazole rings is 1. The van der Waals surface area contributed by atoms with Gasteiger partial charge in [-0.1, -0.05) is 12.1 Å². The quantitative estimate of drug-likeness (QED) is 0.605. The number of fused-ring (bicyclic) bond motifs is 1. The third kappa shape index (κ3) is 1.79. The number of nitrogens with one attached hydrogen (secondary N) is 1. The molecule has 3 nitrogen and oxygen atoms in total. The minimum atomic E-state index is 0.712. The van der Waals surface area contributed by atoms with Crippen molar-refractivity contribution in [2.45, 2.75) is 6.42 Å². The highest BCUT2D eigenvalue weighted by molar-refractivity contribution is 5.78. The van der Waals surface area contributed by atoms with Crippen LogP contribution in [0.1, 0.15) is 6.42 Å². The van der Waals surface area contributed by atoms with Gasteiger partial charge in [-0.15, -0.1) is 12.3 Å². The summed E-state index contributed by atoms with van der Waals surface area (Å²) >= 11 is 0. The van der Waals surface area contributed by atoms with E-state index < -0.39 is 0 Å². The molecule has 0 aliphatic rings. The molecule has 0 aliphatic heterocycles. The Bertz CT molecular complexity index is 505. The third-order valence-corrected chi connectivity index (χ3v) is 2.34. The highest BCUT2D eigenvalue weighted by atomic mass is 15.2. The second-order valence-electron chi connectivity index (χ2n) is 3.36. The van der Waals surface area contributed by atoms with Crippen LogP contribution in [0.3, 0.4) is 0 Å². The maximum absolute atomic E-state index is 5.19. The topological polar surface area (TPSA) is 29.9 Å². The Morgan fingerprint density at radius 3 is 3.00 bits per heavy atom. The van der Waals surface area contributed by atoms with Gasteiger partial charge in [0.15, 0.2) is 0 Å². The Morgan fingerprint density at radius 2 is 2.27 bits per heavy atom. The van der Waals surface area contributed by atoms with Crippen LogP contribution in [0.25, 0.3) is 11.0 Å². The molecule has 0 saturated carbocycles. The zero-order valence-corrected chi connectivity index (χ0v) is 8.70. The number of rotatable bonds is 3. The van der Waals surface area contributed by atoms with Gasteiger partial charge in [0.25, 0.3) is 0 Å². The first-order valence-electron chi connectivity index (χ1n) is 4.91. The fourth-order valence-corrected chi connectivity index (χ4v) is 1.55. The summed E-state index contributed by atoms with van der Waals surface area (Å²) in [5, 5.41) is 3.21. The number of terminal acetylenes is 1. The maximum Gasteiger partial charge on any atom is 0.203 e. The fraction of sp³-hybridized carbons (Fsp3) is 0.250. The summed E-state index contributed by atoms with van der Waals surface area (Å²) < 4.78 is 2.03. The van der Waals surface area contributed by atoms with Crippen molar-refractivity contribution in [3.8, 4) is 12.3 Å². The molecule has 76 valence electrons. The van der Waals surface area contributed by atoms with Gasteiger partial charge in [-0.3, -0.25) is 0 Å². The highest BCUT2D eigenvalue weighted by Gasteiger charge is 2.04. The number of hydrogen-bond acceptors (Lipinski definition) is 2. The van der Waals surface area contributed by atoms with E-state index in [0.717, 1.165) is 23.5 Å². The number of benzene rings is 1. The van der Waals surface area contributed by atoms with E-state index >= 15 is 0 Å². The van der Waals surface area contributed by atoms with Crippen LogP contribution >= 0.6 is 0 Å². The van der Waals surface area contributed by atoms with Crippen molar-refractivity contribution in [1.29, 1.82) is 0 Å². The van der Waals surface area contributed by atoms with E-state index in [4.69, 9.17) is 6.42 Å². The molecule has 0 radical (unpaired) electrons. The number of anilines is 1. The second-order valence-corrected chi connectivity index (χ2v) is 3.36. The third-order valence-electron chi connectivity index (χ3n) is 2.34. The molecule has 0 aliphatic carbocycles. The summed E-state index contributed by atoms with van der Waals surface area (Å²) in [6, 6.07) is 8.05. The zero-order valence-electron chi connectivity index (χ0n) is 8.70. The minimum Gasteiger partial charge on any atom is -0.355 e. The molecule has 0 bridgehead atoms. The van der Waals surface area contributed by atoms with E-state index in [0.29, 0.717) is 6.42 Å². The zero-order chi connectivity index (χ0) is 10.7. The van der Waals surface area contributed by atoms with Crippen LogP contribution in [0, 0.1) is 12.3 Å². The average Bonchev–Trinajstić information content (AvgIpc) is 2.57. The maximum atomic E-state index is 5.19. The van der Waals surface area contributed by atoms with Gasteiger partial charge in [-0.25, -0.2) is 4.98 Å². The van der Waals surface area contributed by atoms with E-state index in [-0.39, 0.29) is 0 Å². The van der Waals surface area contributed by atoms with Crippen LogP contribution in [0.4, 0.5) is 5.95 Å². The molecule has 0 fully saturated rings.